The fourth-order valence-corrected chi connectivity index (χ4v) is 2.90. The zero-order valence-corrected chi connectivity index (χ0v) is 12.1. The number of hydrogen-bond donors (Lipinski definition) is 1. The summed E-state index contributed by atoms with van der Waals surface area (Å²) in [6.07, 6.45) is 3.71. The molecule has 0 fully saturated rings. The van der Waals surface area contributed by atoms with Crippen molar-refractivity contribution in [2.75, 3.05) is 18.5 Å². The van der Waals surface area contributed by atoms with Gasteiger partial charge in [0, 0.05) is 12.2 Å². The number of nitrogens with one attached hydrogen (secondary N) is 1. The summed E-state index contributed by atoms with van der Waals surface area (Å²) in [6.45, 7) is 2.76. The second-order valence-electron chi connectivity index (χ2n) is 5.41. The monoisotopic (exact) mass is 270 g/mol. The van der Waals surface area contributed by atoms with E-state index in [2.05, 4.69) is 46.6 Å². The van der Waals surface area contributed by atoms with Gasteiger partial charge in [-0.3, -0.25) is 0 Å². The van der Waals surface area contributed by atoms with Gasteiger partial charge < -0.3 is 14.6 Å². The molecule has 0 atom stereocenters. The largest absolute Gasteiger partial charge is 0.463 e. The SMILES string of the molecule is CNCc1ccc(CN2CCCCc3ccccc32)o1. The smallest absolute Gasteiger partial charge is 0.123 e. The van der Waals surface area contributed by atoms with Crippen molar-refractivity contribution in [3.8, 4) is 0 Å². The van der Waals surface area contributed by atoms with Crippen LogP contribution in [0, 0.1) is 0 Å². The predicted octanol–water partition coefficient (Wildman–Crippen LogP) is 3.34. The molecule has 20 heavy (non-hydrogen) atoms. The lowest BCUT2D eigenvalue weighted by Gasteiger charge is -2.23. The molecule has 0 aliphatic carbocycles. The Morgan fingerprint density at radius 1 is 1.10 bits per heavy atom. The van der Waals surface area contributed by atoms with Crippen molar-refractivity contribution in [1.29, 1.82) is 0 Å². The molecule has 0 spiro atoms. The maximum absolute atomic E-state index is 5.88. The molecule has 2 heterocycles. The zero-order valence-electron chi connectivity index (χ0n) is 12.1. The number of para-hydroxylation sites is 1. The van der Waals surface area contributed by atoms with E-state index in [9.17, 15) is 0 Å². The van der Waals surface area contributed by atoms with Crippen molar-refractivity contribution in [3.63, 3.8) is 0 Å². The number of anilines is 1. The van der Waals surface area contributed by atoms with E-state index < -0.39 is 0 Å². The summed E-state index contributed by atoms with van der Waals surface area (Å²) < 4.78 is 5.88. The molecule has 0 saturated heterocycles. The van der Waals surface area contributed by atoms with E-state index >= 15 is 0 Å². The van der Waals surface area contributed by atoms with Crippen molar-refractivity contribution >= 4 is 5.69 Å². The van der Waals surface area contributed by atoms with E-state index in [1.165, 1.54) is 30.5 Å². The third kappa shape index (κ3) is 2.88. The number of fused-ring (bicyclic) bond motifs is 1. The molecule has 0 radical (unpaired) electrons. The standard InChI is InChI=1S/C17H22N2O/c1-18-12-15-9-10-16(20-15)13-19-11-5-4-7-14-6-2-3-8-17(14)19/h2-3,6,8-10,18H,4-5,7,11-13H2,1H3. The number of aryl methyl sites for hydroxylation is 1. The van der Waals surface area contributed by atoms with E-state index in [-0.39, 0.29) is 0 Å². The maximum Gasteiger partial charge on any atom is 0.123 e. The average Bonchev–Trinajstić information content (AvgIpc) is 2.80. The predicted molar refractivity (Wildman–Crippen MR) is 81.9 cm³/mol. The Morgan fingerprint density at radius 2 is 1.95 bits per heavy atom. The van der Waals surface area contributed by atoms with E-state index in [4.69, 9.17) is 4.42 Å². The van der Waals surface area contributed by atoms with Crippen molar-refractivity contribution in [2.45, 2.75) is 32.4 Å². The van der Waals surface area contributed by atoms with E-state index in [0.717, 1.165) is 31.2 Å². The van der Waals surface area contributed by atoms with Gasteiger partial charge in [-0.2, -0.15) is 0 Å². The Balaban J connectivity index is 1.79. The van der Waals surface area contributed by atoms with Gasteiger partial charge in [0.15, 0.2) is 0 Å². The minimum atomic E-state index is 0.788. The second-order valence-corrected chi connectivity index (χ2v) is 5.41. The molecule has 1 N–H and O–H groups in total. The number of rotatable bonds is 4. The van der Waals surface area contributed by atoms with Crippen molar-refractivity contribution in [3.05, 3.63) is 53.5 Å². The first-order valence-corrected chi connectivity index (χ1v) is 7.42. The summed E-state index contributed by atoms with van der Waals surface area (Å²) in [7, 11) is 1.94. The summed E-state index contributed by atoms with van der Waals surface area (Å²) >= 11 is 0. The zero-order chi connectivity index (χ0) is 13.8. The highest BCUT2D eigenvalue weighted by Crippen LogP contribution is 2.27. The van der Waals surface area contributed by atoms with Crippen LogP contribution in [-0.4, -0.2) is 13.6 Å². The highest BCUT2D eigenvalue weighted by molar-refractivity contribution is 5.54. The summed E-state index contributed by atoms with van der Waals surface area (Å²) in [5, 5.41) is 3.12. The highest BCUT2D eigenvalue weighted by atomic mass is 16.3. The molecule has 3 rings (SSSR count). The summed E-state index contributed by atoms with van der Waals surface area (Å²) in [6, 6.07) is 12.9. The highest BCUT2D eigenvalue weighted by Gasteiger charge is 2.16. The summed E-state index contributed by atoms with van der Waals surface area (Å²) in [4.78, 5) is 2.45. The Kier molecular flexibility index (Phi) is 4.07. The lowest BCUT2D eigenvalue weighted by atomic mass is 10.1. The molecule has 0 amide bonds. The summed E-state index contributed by atoms with van der Waals surface area (Å²) in [5.41, 5.74) is 2.84. The Morgan fingerprint density at radius 3 is 2.85 bits per heavy atom. The average molecular weight is 270 g/mol. The van der Waals surface area contributed by atoms with Crippen LogP contribution in [0.15, 0.2) is 40.8 Å². The first-order valence-electron chi connectivity index (χ1n) is 7.42. The normalized spacial score (nSPS) is 14.9. The minimum Gasteiger partial charge on any atom is -0.463 e. The van der Waals surface area contributed by atoms with Crippen LogP contribution in [-0.2, 0) is 19.5 Å². The van der Waals surface area contributed by atoms with Crippen molar-refractivity contribution < 1.29 is 4.42 Å². The minimum absolute atomic E-state index is 0.788. The van der Waals surface area contributed by atoms with Crippen LogP contribution < -0.4 is 10.2 Å². The van der Waals surface area contributed by atoms with Crippen LogP contribution in [0.4, 0.5) is 5.69 Å². The van der Waals surface area contributed by atoms with Crippen LogP contribution in [0.2, 0.25) is 0 Å². The van der Waals surface area contributed by atoms with Crippen LogP contribution in [0.5, 0.6) is 0 Å². The van der Waals surface area contributed by atoms with E-state index in [1.807, 2.05) is 7.05 Å². The lowest BCUT2D eigenvalue weighted by molar-refractivity contribution is 0.450. The third-order valence-corrected chi connectivity index (χ3v) is 3.87. The number of hydrogen-bond acceptors (Lipinski definition) is 3. The number of nitrogens with zero attached hydrogens (tertiary/aromatic N) is 1. The van der Waals surface area contributed by atoms with Gasteiger partial charge in [-0.05, 0) is 50.1 Å². The molecule has 3 nitrogen and oxygen atoms in total. The lowest BCUT2D eigenvalue weighted by Crippen LogP contribution is -2.23. The molecule has 0 unspecified atom stereocenters. The van der Waals surface area contributed by atoms with Gasteiger partial charge in [-0.15, -0.1) is 0 Å². The fourth-order valence-electron chi connectivity index (χ4n) is 2.90. The first kappa shape index (κ1) is 13.3. The molecular formula is C17H22N2O. The fraction of sp³-hybridized carbons (Fsp3) is 0.412. The Bertz CT molecular complexity index is 562. The number of benzene rings is 1. The molecule has 3 heteroatoms. The molecule has 0 saturated carbocycles. The Labute approximate surface area is 120 Å². The van der Waals surface area contributed by atoms with Gasteiger partial charge in [-0.1, -0.05) is 18.2 Å². The molecular weight excluding hydrogens is 248 g/mol. The Hall–Kier alpha value is -1.74. The molecule has 0 bridgehead atoms. The first-order chi connectivity index (χ1) is 9.86. The summed E-state index contributed by atoms with van der Waals surface area (Å²) in [5.74, 6) is 2.05. The third-order valence-electron chi connectivity index (χ3n) is 3.87. The van der Waals surface area contributed by atoms with Crippen LogP contribution >= 0.6 is 0 Å². The van der Waals surface area contributed by atoms with Crippen molar-refractivity contribution in [1.82, 2.24) is 5.32 Å². The molecule has 1 aromatic carbocycles. The molecule has 2 aromatic rings. The van der Waals surface area contributed by atoms with Gasteiger partial charge >= 0.3 is 0 Å². The van der Waals surface area contributed by atoms with Gasteiger partial charge in [0.05, 0.1) is 13.1 Å². The van der Waals surface area contributed by atoms with Gasteiger partial charge in [0.1, 0.15) is 11.5 Å². The van der Waals surface area contributed by atoms with E-state index in [1.54, 1.807) is 0 Å². The molecule has 1 aliphatic heterocycles. The van der Waals surface area contributed by atoms with Crippen LogP contribution in [0.3, 0.4) is 0 Å². The van der Waals surface area contributed by atoms with Gasteiger partial charge in [-0.25, -0.2) is 0 Å². The second kappa shape index (κ2) is 6.14. The van der Waals surface area contributed by atoms with Gasteiger partial charge in [0.25, 0.3) is 0 Å². The van der Waals surface area contributed by atoms with Gasteiger partial charge in [0.2, 0.25) is 0 Å². The maximum atomic E-state index is 5.88. The molecule has 1 aromatic heterocycles. The quantitative estimate of drug-likeness (QED) is 0.923. The topological polar surface area (TPSA) is 28.4 Å². The van der Waals surface area contributed by atoms with Crippen LogP contribution in [0.1, 0.15) is 29.9 Å². The van der Waals surface area contributed by atoms with Crippen molar-refractivity contribution in [2.24, 2.45) is 0 Å². The van der Waals surface area contributed by atoms with E-state index in [0.29, 0.717) is 0 Å². The molecule has 106 valence electrons. The molecule has 1 aliphatic rings. The van der Waals surface area contributed by atoms with Crippen LogP contribution in [0.25, 0.3) is 0 Å². The number of furan rings is 1.